The maximum absolute atomic E-state index is 5.89. The van der Waals surface area contributed by atoms with Crippen LogP contribution in [0, 0.1) is 0 Å². The molecule has 0 radical (unpaired) electrons. The Bertz CT molecular complexity index is 807. The van der Waals surface area contributed by atoms with Crippen molar-refractivity contribution in [1.29, 1.82) is 0 Å². The van der Waals surface area contributed by atoms with Crippen LogP contribution in [0.4, 0.5) is 5.95 Å². The van der Waals surface area contributed by atoms with Crippen LogP contribution in [0.3, 0.4) is 0 Å². The molecule has 3 atom stereocenters. The lowest BCUT2D eigenvalue weighted by Crippen LogP contribution is -2.22. The Morgan fingerprint density at radius 2 is 2.11 bits per heavy atom. The molecule has 152 valence electrons. The van der Waals surface area contributed by atoms with Crippen molar-refractivity contribution >= 4 is 29.5 Å². The van der Waals surface area contributed by atoms with Gasteiger partial charge in [-0.15, -0.1) is 10.2 Å². The molecule has 1 saturated heterocycles. The summed E-state index contributed by atoms with van der Waals surface area (Å²) in [6.45, 7) is 5.83. The van der Waals surface area contributed by atoms with Gasteiger partial charge in [0.1, 0.15) is 11.9 Å². The van der Waals surface area contributed by atoms with Crippen LogP contribution in [0.15, 0.2) is 12.4 Å². The number of rotatable bonds is 8. The molecule has 28 heavy (non-hydrogen) atoms. The number of anilines is 1. The van der Waals surface area contributed by atoms with Crippen LogP contribution in [0.25, 0.3) is 0 Å². The lowest BCUT2D eigenvalue weighted by molar-refractivity contribution is 0.0972. The van der Waals surface area contributed by atoms with E-state index in [-0.39, 0.29) is 16.9 Å². The fourth-order valence-corrected chi connectivity index (χ4v) is 4.36. The standard InChI is InChI=1S/C18H25ClN6O2S/c1-11(14(26-3)15-20-8-13(19)9-21-15)28-24-17-23-22-16(12-4-7-27-10-12)25(17)18(2)5-6-18/h8-9,11-12,14H,4-7,10H2,1-3H3,(H,23,24). The van der Waals surface area contributed by atoms with Gasteiger partial charge >= 0.3 is 0 Å². The molecule has 1 aliphatic carbocycles. The van der Waals surface area contributed by atoms with Crippen molar-refractivity contribution < 1.29 is 9.47 Å². The zero-order valence-corrected chi connectivity index (χ0v) is 17.8. The molecule has 0 spiro atoms. The van der Waals surface area contributed by atoms with Gasteiger partial charge in [-0.2, -0.15) is 0 Å². The van der Waals surface area contributed by atoms with E-state index in [2.05, 4.69) is 43.3 Å². The first-order valence-electron chi connectivity index (χ1n) is 9.47. The Morgan fingerprint density at radius 3 is 2.71 bits per heavy atom. The summed E-state index contributed by atoms with van der Waals surface area (Å²) in [5.41, 5.74) is 0.0908. The topological polar surface area (TPSA) is 87.0 Å². The van der Waals surface area contributed by atoms with Crippen molar-refractivity contribution in [2.75, 3.05) is 25.0 Å². The predicted octanol–water partition coefficient (Wildman–Crippen LogP) is 3.57. The zero-order chi connectivity index (χ0) is 19.7. The zero-order valence-electron chi connectivity index (χ0n) is 16.3. The smallest absolute Gasteiger partial charge is 0.235 e. The maximum atomic E-state index is 5.89. The Balaban J connectivity index is 1.49. The number of hydrogen-bond donors (Lipinski definition) is 1. The highest BCUT2D eigenvalue weighted by Crippen LogP contribution is 2.47. The first-order valence-corrected chi connectivity index (χ1v) is 10.7. The van der Waals surface area contributed by atoms with Gasteiger partial charge in [0.15, 0.2) is 5.82 Å². The lowest BCUT2D eigenvalue weighted by Gasteiger charge is -2.23. The van der Waals surface area contributed by atoms with E-state index in [1.54, 1.807) is 19.5 Å². The summed E-state index contributed by atoms with van der Waals surface area (Å²) in [5, 5.41) is 9.50. The number of nitrogens with zero attached hydrogens (tertiary/aromatic N) is 5. The molecule has 4 rings (SSSR count). The summed E-state index contributed by atoms with van der Waals surface area (Å²) < 4.78 is 16.9. The summed E-state index contributed by atoms with van der Waals surface area (Å²) in [6.07, 6.45) is 6.17. The van der Waals surface area contributed by atoms with Gasteiger partial charge in [0.05, 0.1) is 16.9 Å². The van der Waals surface area contributed by atoms with Gasteiger partial charge in [-0.05, 0) is 45.1 Å². The Labute approximate surface area is 173 Å². The average Bonchev–Trinajstić information content (AvgIpc) is 3.11. The second-order valence-electron chi connectivity index (χ2n) is 7.62. The summed E-state index contributed by atoms with van der Waals surface area (Å²) in [4.78, 5) is 8.59. The van der Waals surface area contributed by atoms with E-state index in [1.807, 2.05) is 0 Å². The van der Waals surface area contributed by atoms with Gasteiger partial charge in [-0.3, -0.25) is 9.29 Å². The highest BCUT2D eigenvalue weighted by molar-refractivity contribution is 8.01. The molecule has 0 aromatic carbocycles. The molecule has 8 nitrogen and oxygen atoms in total. The molecule has 0 amide bonds. The van der Waals surface area contributed by atoms with Crippen molar-refractivity contribution in [1.82, 2.24) is 24.7 Å². The van der Waals surface area contributed by atoms with Gasteiger partial charge in [-0.25, -0.2) is 9.97 Å². The summed E-state index contributed by atoms with van der Waals surface area (Å²) in [7, 11) is 1.66. The van der Waals surface area contributed by atoms with Crippen LogP contribution < -0.4 is 4.72 Å². The molecule has 2 fully saturated rings. The molecular weight excluding hydrogens is 400 g/mol. The molecule has 3 unspecified atom stereocenters. The second kappa shape index (κ2) is 8.14. The van der Waals surface area contributed by atoms with E-state index in [1.165, 1.54) is 11.9 Å². The third kappa shape index (κ3) is 3.98. The molecule has 2 aliphatic rings. The molecule has 3 heterocycles. The number of halogens is 1. The van der Waals surface area contributed by atoms with Crippen LogP contribution in [0.1, 0.15) is 56.8 Å². The van der Waals surface area contributed by atoms with Crippen LogP contribution in [0.5, 0.6) is 0 Å². The summed E-state index contributed by atoms with van der Waals surface area (Å²) in [6, 6.07) is 0. The molecule has 2 aromatic rings. The number of aromatic nitrogens is 5. The third-order valence-corrected chi connectivity index (χ3v) is 6.52. The van der Waals surface area contributed by atoms with Gasteiger partial charge in [0, 0.05) is 37.6 Å². The molecule has 0 bridgehead atoms. The van der Waals surface area contributed by atoms with Crippen molar-refractivity contribution in [2.24, 2.45) is 0 Å². The number of hydrogen-bond acceptors (Lipinski definition) is 8. The van der Waals surface area contributed by atoms with E-state index in [9.17, 15) is 0 Å². The average molecular weight is 425 g/mol. The Kier molecular flexibility index (Phi) is 5.78. The highest BCUT2D eigenvalue weighted by atomic mass is 35.5. The number of methoxy groups -OCH3 is 1. The fourth-order valence-electron chi connectivity index (χ4n) is 3.49. The molecule has 10 heteroatoms. The van der Waals surface area contributed by atoms with Crippen molar-refractivity contribution in [3.63, 3.8) is 0 Å². The Morgan fingerprint density at radius 1 is 1.36 bits per heavy atom. The van der Waals surface area contributed by atoms with Crippen LogP contribution in [-0.4, -0.2) is 50.3 Å². The fraction of sp³-hybridized carbons (Fsp3) is 0.667. The van der Waals surface area contributed by atoms with Gasteiger partial charge in [0.2, 0.25) is 5.95 Å². The second-order valence-corrected chi connectivity index (χ2v) is 9.24. The van der Waals surface area contributed by atoms with Crippen molar-refractivity contribution in [3.8, 4) is 0 Å². The van der Waals surface area contributed by atoms with E-state index < -0.39 is 0 Å². The number of ether oxygens (including phenoxy) is 2. The van der Waals surface area contributed by atoms with Crippen LogP contribution in [-0.2, 0) is 15.0 Å². The van der Waals surface area contributed by atoms with E-state index in [4.69, 9.17) is 21.1 Å². The first-order chi connectivity index (χ1) is 13.5. The largest absolute Gasteiger partial charge is 0.381 e. The minimum atomic E-state index is -0.273. The van der Waals surface area contributed by atoms with Crippen LogP contribution >= 0.6 is 23.5 Å². The van der Waals surface area contributed by atoms with Gasteiger partial charge in [-0.1, -0.05) is 11.6 Å². The quantitative estimate of drug-likeness (QED) is 0.643. The molecular formula is C18H25ClN6O2S. The molecule has 1 N–H and O–H groups in total. The van der Waals surface area contributed by atoms with Gasteiger partial charge < -0.3 is 9.47 Å². The van der Waals surface area contributed by atoms with Crippen molar-refractivity contribution in [2.45, 2.75) is 55.9 Å². The SMILES string of the molecule is COC(c1ncc(Cl)cn1)C(C)SNc1nnc(C2CCOC2)n1C1(C)CC1. The maximum Gasteiger partial charge on any atom is 0.235 e. The minimum absolute atomic E-state index is 0.0431. The van der Waals surface area contributed by atoms with Crippen molar-refractivity contribution in [3.05, 3.63) is 29.1 Å². The number of nitrogens with one attached hydrogen (secondary N) is 1. The van der Waals surface area contributed by atoms with E-state index >= 15 is 0 Å². The van der Waals surface area contributed by atoms with Crippen LogP contribution in [0.2, 0.25) is 5.02 Å². The monoisotopic (exact) mass is 424 g/mol. The molecule has 2 aromatic heterocycles. The van der Waals surface area contributed by atoms with E-state index in [0.717, 1.165) is 44.2 Å². The summed E-state index contributed by atoms with van der Waals surface area (Å²) in [5.74, 6) is 2.73. The molecule has 1 aliphatic heterocycles. The lowest BCUT2D eigenvalue weighted by atomic mass is 10.1. The summed E-state index contributed by atoms with van der Waals surface area (Å²) >= 11 is 7.42. The van der Waals surface area contributed by atoms with E-state index in [0.29, 0.717) is 16.8 Å². The first kappa shape index (κ1) is 19.9. The highest BCUT2D eigenvalue weighted by Gasteiger charge is 2.44. The van der Waals surface area contributed by atoms with Gasteiger partial charge in [0.25, 0.3) is 0 Å². The molecule has 1 saturated carbocycles. The predicted molar refractivity (Wildman–Crippen MR) is 109 cm³/mol. The normalized spacial score (nSPS) is 22.8. The minimum Gasteiger partial charge on any atom is -0.381 e. The Hall–Kier alpha value is -1.42. The third-order valence-electron chi connectivity index (χ3n) is 5.41.